The lowest BCUT2D eigenvalue weighted by atomic mass is 9.89. The van der Waals surface area contributed by atoms with Crippen molar-refractivity contribution < 1.29 is 4.74 Å². The third kappa shape index (κ3) is 2.62. The molecule has 3 atom stereocenters. The van der Waals surface area contributed by atoms with Crippen LogP contribution < -0.4 is 4.74 Å². The Morgan fingerprint density at radius 1 is 1.22 bits per heavy atom. The van der Waals surface area contributed by atoms with Crippen LogP contribution in [0.15, 0.2) is 22.7 Å². The van der Waals surface area contributed by atoms with Crippen LogP contribution in [0.1, 0.15) is 31.2 Å². The summed E-state index contributed by atoms with van der Waals surface area (Å²) in [5, 5.41) is 0.887. The van der Waals surface area contributed by atoms with Gasteiger partial charge in [0.05, 0.1) is 11.1 Å². The van der Waals surface area contributed by atoms with Gasteiger partial charge < -0.3 is 4.74 Å². The van der Waals surface area contributed by atoms with Crippen LogP contribution in [0.25, 0.3) is 0 Å². The first-order valence-corrected chi connectivity index (χ1v) is 8.65. The van der Waals surface area contributed by atoms with Gasteiger partial charge in [0, 0.05) is 5.33 Å². The predicted molar refractivity (Wildman–Crippen MR) is 81.2 cm³/mol. The number of alkyl halides is 1. The molecule has 0 aliphatic heterocycles. The molecular weight excluding hydrogens is 356 g/mol. The molecule has 0 spiro atoms. The summed E-state index contributed by atoms with van der Waals surface area (Å²) in [7, 11) is 0. The Morgan fingerprint density at radius 2 is 2.11 bits per heavy atom. The van der Waals surface area contributed by atoms with Crippen LogP contribution >= 0.6 is 31.9 Å². The summed E-state index contributed by atoms with van der Waals surface area (Å²) in [5.41, 5.74) is 1.27. The van der Waals surface area contributed by atoms with Gasteiger partial charge in [0.1, 0.15) is 5.75 Å². The lowest BCUT2D eigenvalue weighted by Gasteiger charge is -2.22. The molecule has 1 aromatic rings. The number of hydrogen-bond donors (Lipinski definition) is 0. The van der Waals surface area contributed by atoms with Gasteiger partial charge in [0.2, 0.25) is 0 Å². The van der Waals surface area contributed by atoms with E-state index in [9.17, 15) is 0 Å². The van der Waals surface area contributed by atoms with Crippen LogP contribution in [-0.4, -0.2) is 6.61 Å². The normalized spacial score (nSPS) is 29.8. The fraction of sp³-hybridized carbons (Fsp3) is 0.600. The smallest absolute Gasteiger partial charge is 0.133 e. The monoisotopic (exact) mass is 372 g/mol. The molecule has 3 heteroatoms. The molecule has 0 N–H and O–H groups in total. The van der Waals surface area contributed by atoms with E-state index in [1.165, 1.54) is 31.2 Å². The van der Waals surface area contributed by atoms with Gasteiger partial charge in [-0.2, -0.15) is 0 Å². The van der Waals surface area contributed by atoms with E-state index in [1.807, 2.05) is 0 Å². The standard InChI is InChI=1S/C15H18Br2O/c16-8-11-2-4-15(14(17)7-11)18-9-13-6-10-1-3-12(13)5-10/h2,4,7,10,12-13H,1,3,5-6,8-9H2. The summed E-state index contributed by atoms with van der Waals surface area (Å²) >= 11 is 7.06. The van der Waals surface area contributed by atoms with E-state index in [4.69, 9.17) is 4.74 Å². The zero-order valence-electron chi connectivity index (χ0n) is 10.4. The number of fused-ring (bicyclic) bond motifs is 2. The van der Waals surface area contributed by atoms with Gasteiger partial charge in [-0.15, -0.1) is 0 Å². The van der Waals surface area contributed by atoms with Gasteiger partial charge in [0.15, 0.2) is 0 Å². The Hall–Kier alpha value is -0.0200. The van der Waals surface area contributed by atoms with Crippen LogP contribution in [0, 0.1) is 17.8 Å². The van der Waals surface area contributed by atoms with E-state index in [-0.39, 0.29) is 0 Å². The molecule has 0 amide bonds. The van der Waals surface area contributed by atoms with Crippen molar-refractivity contribution in [2.45, 2.75) is 31.0 Å². The third-order valence-electron chi connectivity index (χ3n) is 4.49. The molecule has 2 aliphatic rings. The Morgan fingerprint density at radius 3 is 2.72 bits per heavy atom. The fourth-order valence-electron chi connectivity index (χ4n) is 3.52. The maximum absolute atomic E-state index is 6.01. The summed E-state index contributed by atoms with van der Waals surface area (Å²) < 4.78 is 7.08. The molecular formula is C15H18Br2O. The van der Waals surface area contributed by atoms with Crippen molar-refractivity contribution in [3.8, 4) is 5.75 Å². The minimum Gasteiger partial charge on any atom is -0.492 e. The molecule has 98 valence electrons. The number of rotatable bonds is 4. The first-order valence-electron chi connectivity index (χ1n) is 6.73. The van der Waals surface area contributed by atoms with Crippen molar-refractivity contribution in [1.82, 2.24) is 0 Å². The summed E-state index contributed by atoms with van der Waals surface area (Å²) in [6.07, 6.45) is 5.74. The molecule has 1 nitrogen and oxygen atoms in total. The topological polar surface area (TPSA) is 9.23 Å². The molecule has 2 bridgehead atoms. The van der Waals surface area contributed by atoms with E-state index >= 15 is 0 Å². The largest absolute Gasteiger partial charge is 0.492 e. The molecule has 0 saturated heterocycles. The van der Waals surface area contributed by atoms with Crippen LogP contribution in [0.4, 0.5) is 0 Å². The lowest BCUT2D eigenvalue weighted by Crippen LogP contribution is -2.18. The van der Waals surface area contributed by atoms with E-state index in [0.29, 0.717) is 0 Å². The van der Waals surface area contributed by atoms with Crippen LogP contribution in [0.2, 0.25) is 0 Å². The first-order chi connectivity index (χ1) is 8.76. The number of ether oxygens (including phenoxy) is 1. The SMILES string of the molecule is BrCc1ccc(OCC2CC3CCC2C3)c(Br)c1. The van der Waals surface area contributed by atoms with E-state index in [2.05, 4.69) is 50.1 Å². The molecule has 2 aliphatic carbocycles. The molecule has 3 unspecified atom stereocenters. The first kappa shape index (κ1) is 13.0. The minimum absolute atomic E-state index is 0.798. The van der Waals surface area contributed by atoms with Gasteiger partial charge in [-0.1, -0.05) is 28.4 Å². The maximum atomic E-state index is 6.01. The molecule has 2 saturated carbocycles. The van der Waals surface area contributed by atoms with Crippen molar-refractivity contribution in [2.24, 2.45) is 17.8 Å². The van der Waals surface area contributed by atoms with Gasteiger partial charge in [0.25, 0.3) is 0 Å². The van der Waals surface area contributed by atoms with Gasteiger partial charge in [-0.05, 0) is 70.6 Å². The van der Waals surface area contributed by atoms with Crippen molar-refractivity contribution in [1.29, 1.82) is 0 Å². The number of benzene rings is 1. The van der Waals surface area contributed by atoms with Gasteiger partial charge in [-0.25, -0.2) is 0 Å². The van der Waals surface area contributed by atoms with Crippen LogP contribution in [-0.2, 0) is 5.33 Å². The Labute approximate surface area is 126 Å². The quantitative estimate of drug-likeness (QED) is 0.662. The Balaban J connectivity index is 1.60. The maximum Gasteiger partial charge on any atom is 0.133 e. The second kappa shape index (κ2) is 5.54. The number of halogens is 2. The zero-order valence-corrected chi connectivity index (χ0v) is 13.5. The molecule has 2 fully saturated rings. The Bertz CT molecular complexity index is 433. The zero-order chi connectivity index (χ0) is 12.5. The predicted octanol–water partition coefficient (Wildman–Crippen LogP) is 5.16. The summed E-state index contributed by atoms with van der Waals surface area (Å²) in [5.74, 6) is 3.73. The van der Waals surface area contributed by atoms with Crippen LogP contribution in [0.3, 0.4) is 0 Å². The van der Waals surface area contributed by atoms with Crippen LogP contribution in [0.5, 0.6) is 5.75 Å². The average molecular weight is 374 g/mol. The van der Waals surface area contributed by atoms with E-state index in [1.54, 1.807) is 0 Å². The van der Waals surface area contributed by atoms with Crippen molar-refractivity contribution in [3.63, 3.8) is 0 Å². The van der Waals surface area contributed by atoms with E-state index < -0.39 is 0 Å². The molecule has 0 heterocycles. The molecule has 1 aromatic carbocycles. The summed E-state index contributed by atoms with van der Waals surface area (Å²) in [6, 6.07) is 6.33. The Kier molecular flexibility index (Phi) is 4.00. The second-order valence-electron chi connectivity index (χ2n) is 5.64. The van der Waals surface area contributed by atoms with Crippen molar-refractivity contribution in [2.75, 3.05) is 6.61 Å². The average Bonchev–Trinajstić information content (AvgIpc) is 2.99. The fourth-order valence-corrected chi connectivity index (χ4v) is 4.41. The highest BCUT2D eigenvalue weighted by Crippen LogP contribution is 2.48. The van der Waals surface area contributed by atoms with Crippen molar-refractivity contribution in [3.05, 3.63) is 28.2 Å². The number of hydrogen-bond acceptors (Lipinski definition) is 1. The molecule has 0 radical (unpaired) electrons. The molecule has 0 aromatic heterocycles. The highest BCUT2D eigenvalue weighted by atomic mass is 79.9. The molecule has 18 heavy (non-hydrogen) atoms. The van der Waals surface area contributed by atoms with Gasteiger partial charge >= 0.3 is 0 Å². The highest BCUT2D eigenvalue weighted by molar-refractivity contribution is 9.10. The third-order valence-corrected chi connectivity index (χ3v) is 5.76. The van der Waals surface area contributed by atoms with Gasteiger partial charge in [-0.3, -0.25) is 0 Å². The van der Waals surface area contributed by atoms with E-state index in [0.717, 1.165) is 39.9 Å². The highest BCUT2D eigenvalue weighted by Gasteiger charge is 2.39. The summed E-state index contributed by atoms with van der Waals surface area (Å²) in [6.45, 7) is 0.896. The lowest BCUT2D eigenvalue weighted by molar-refractivity contribution is 0.194. The minimum atomic E-state index is 0.798. The summed E-state index contributed by atoms with van der Waals surface area (Å²) in [4.78, 5) is 0. The van der Waals surface area contributed by atoms with Crippen molar-refractivity contribution >= 4 is 31.9 Å². The second-order valence-corrected chi connectivity index (χ2v) is 7.06. The molecule has 3 rings (SSSR count).